The topological polar surface area (TPSA) is 60.9 Å². The van der Waals surface area contributed by atoms with Crippen molar-refractivity contribution in [3.8, 4) is 0 Å². The first kappa shape index (κ1) is 18.7. The van der Waals surface area contributed by atoms with Crippen LogP contribution in [0.5, 0.6) is 0 Å². The molecule has 2 aliphatic heterocycles. The zero-order valence-corrected chi connectivity index (χ0v) is 16.6. The number of benzene rings is 1. The number of piperazine rings is 1. The maximum absolute atomic E-state index is 13.0. The van der Waals surface area contributed by atoms with Gasteiger partial charge in [0.25, 0.3) is 0 Å². The Morgan fingerprint density at radius 1 is 1.24 bits per heavy atom. The van der Waals surface area contributed by atoms with E-state index in [1.807, 2.05) is 0 Å². The van der Waals surface area contributed by atoms with Crippen LogP contribution in [0, 0.1) is 0 Å². The van der Waals surface area contributed by atoms with Gasteiger partial charge >= 0.3 is 0 Å². The van der Waals surface area contributed by atoms with Crippen molar-refractivity contribution in [2.75, 3.05) is 44.2 Å². The highest BCUT2D eigenvalue weighted by Gasteiger charge is 2.31. The lowest BCUT2D eigenvalue weighted by Gasteiger charge is -2.34. The third-order valence-corrected chi connectivity index (χ3v) is 7.81. The quantitative estimate of drug-likeness (QED) is 0.797. The molecule has 1 unspecified atom stereocenters. The fourth-order valence-electron chi connectivity index (χ4n) is 3.32. The lowest BCUT2D eigenvalue weighted by atomic mass is 10.2. The van der Waals surface area contributed by atoms with Gasteiger partial charge < -0.3 is 9.80 Å². The molecular formula is C17H25N3O3S2. The van der Waals surface area contributed by atoms with Crippen LogP contribution in [0.1, 0.15) is 20.8 Å². The molecule has 2 aliphatic rings. The van der Waals surface area contributed by atoms with Crippen molar-refractivity contribution in [1.29, 1.82) is 0 Å². The number of fused-ring (bicyclic) bond motifs is 1. The van der Waals surface area contributed by atoms with Crippen LogP contribution >= 0.6 is 11.8 Å². The molecule has 1 aromatic carbocycles. The lowest BCUT2D eigenvalue weighted by Crippen LogP contribution is -2.48. The van der Waals surface area contributed by atoms with Gasteiger partial charge in [-0.25, -0.2) is 8.42 Å². The van der Waals surface area contributed by atoms with Gasteiger partial charge in [0.05, 0.1) is 10.6 Å². The summed E-state index contributed by atoms with van der Waals surface area (Å²) in [5.41, 5.74) is 0.811. The Bertz CT molecular complexity index is 758. The number of anilines is 1. The molecule has 2 heterocycles. The van der Waals surface area contributed by atoms with Crippen molar-refractivity contribution in [3.05, 3.63) is 18.2 Å². The van der Waals surface area contributed by atoms with Crippen molar-refractivity contribution >= 4 is 33.4 Å². The first-order valence-corrected chi connectivity index (χ1v) is 11.0. The van der Waals surface area contributed by atoms with E-state index in [1.54, 1.807) is 46.1 Å². The van der Waals surface area contributed by atoms with Crippen molar-refractivity contribution in [1.82, 2.24) is 9.21 Å². The second-order valence-corrected chi connectivity index (χ2v) is 9.94. The highest BCUT2D eigenvalue weighted by Crippen LogP contribution is 2.40. The molecule has 1 atom stereocenters. The smallest absolute Gasteiger partial charge is 0.243 e. The van der Waals surface area contributed by atoms with Gasteiger partial charge in [-0.15, -0.1) is 11.8 Å². The average molecular weight is 384 g/mol. The second kappa shape index (κ2) is 7.26. The molecule has 25 heavy (non-hydrogen) atoms. The third-order valence-electron chi connectivity index (χ3n) is 4.79. The van der Waals surface area contributed by atoms with Gasteiger partial charge in [-0.05, 0) is 24.7 Å². The third kappa shape index (κ3) is 3.72. The minimum Gasteiger partial charge on any atom is -0.310 e. The summed E-state index contributed by atoms with van der Waals surface area (Å²) in [6.45, 7) is 9.87. The highest BCUT2D eigenvalue weighted by atomic mass is 32.2. The van der Waals surface area contributed by atoms with Crippen LogP contribution < -0.4 is 4.90 Å². The molecule has 0 radical (unpaired) electrons. The summed E-state index contributed by atoms with van der Waals surface area (Å²) in [5.74, 6) is -0.0142. The monoisotopic (exact) mass is 383 g/mol. The molecule has 8 heteroatoms. The first-order chi connectivity index (χ1) is 11.8. The number of likely N-dealkylation sites (N-methyl/N-ethyl adjacent to an activating group) is 1. The van der Waals surface area contributed by atoms with Gasteiger partial charge in [-0.1, -0.05) is 13.8 Å². The first-order valence-electron chi connectivity index (χ1n) is 8.64. The van der Waals surface area contributed by atoms with E-state index in [4.69, 9.17) is 0 Å². The number of nitrogens with zero attached hydrogens (tertiary/aromatic N) is 3. The largest absolute Gasteiger partial charge is 0.310 e. The van der Waals surface area contributed by atoms with Crippen LogP contribution in [0.15, 0.2) is 28.0 Å². The summed E-state index contributed by atoms with van der Waals surface area (Å²) in [5, 5.41) is 0.238. The predicted octanol–water partition coefficient (Wildman–Crippen LogP) is 1.86. The maximum atomic E-state index is 13.0. The van der Waals surface area contributed by atoms with Crippen molar-refractivity contribution in [2.24, 2.45) is 0 Å². The molecule has 1 amide bonds. The average Bonchev–Trinajstić information content (AvgIpc) is 2.60. The van der Waals surface area contributed by atoms with E-state index in [9.17, 15) is 13.2 Å². The summed E-state index contributed by atoms with van der Waals surface area (Å²) in [7, 11) is -3.49. The molecule has 1 fully saturated rings. The Kier molecular flexibility index (Phi) is 5.43. The van der Waals surface area contributed by atoms with Crippen LogP contribution in [-0.2, 0) is 14.8 Å². The van der Waals surface area contributed by atoms with E-state index in [1.165, 1.54) is 0 Å². The summed E-state index contributed by atoms with van der Waals surface area (Å²) in [4.78, 5) is 17.0. The van der Waals surface area contributed by atoms with E-state index in [2.05, 4.69) is 18.7 Å². The van der Waals surface area contributed by atoms with E-state index in [-0.39, 0.29) is 11.2 Å². The standard InChI is InChI=1S/C17H25N3O3S2/c1-4-18-7-9-19(10-8-18)25(22,23)15-5-6-16-17(11-15)24-13(2)12-20(16)14(3)21/h5-6,11,13H,4,7-10,12H2,1-3H3. The van der Waals surface area contributed by atoms with Crippen molar-refractivity contribution < 1.29 is 13.2 Å². The van der Waals surface area contributed by atoms with Crippen molar-refractivity contribution in [2.45, 2.75) is 35.8 Å². The minimum absolute atomic E-state index is 0.0142. The Balaban J connectivity index is 1.89. The lowest BCUT2D eigenvalue weighted by molar-refractivity contribution is -0.116. The Morgan fingerprint density at radius 3 is 2.52 bits per heavy atom. The van der Waals surface area contributed by atoms with Crippen LogP contribution in [0.25, 0.3) is 0 Å². The molecule has 1 saturated heterocycles. The molecule has 0 aliphatic carbocycles. The van der Waals surface area contributed by atoms with Crippen LogP contribution in [0.4, 0.5) is 5.69 Å². The number of thioether (sulfide) groups is 1. The number of amides is 1. The number of carbonyl (C=O) groups is 1. The molecule has 3 rings (SSSR count). The zero-order chi connectivity index (χ0) is 18.2. The fourth-order valence-corrected chi connectivity index (χ4v) is 5.99. The van der Waals surface area contributed by atoms with E-state index >= 15 is 0 Å². The van der Waals surface area contributed by atoms with E-state index in [0.717, 1.165) is 30.2 Å². The molecule has 0 aromatic heterocycles. The summed E-state index contributed by atoms with van der Waals surface area (Å²) in [6.07, 6.45) is 0. The van der Waals surface area contributed by atoms with Gasteiger partial charge in [-0.3, -0.25) is 4.79 Å². The van der Waals surface area contributed by atoms with Crippen molar-refractivity contribution in [3.63, 3.8) is 0 Å². The summed E-state index contributed by atoms with van der Waals surface area (Å²) >= 11 is 1.63. The molecular weight excluding hydrogens is 358 g/mol. The molecule has 1 aromatic rings. The van der Waals surface area contributed by atoms with Gasteiger partial charge in [0.1, 0.15) is 0 Å². The molecule has 0 bridgehead atoms. The fraction of sp³-hybridized carbons (Fsp3) is 0.588. The number of hydrogen-bond donors (Lipinski definition) is 0. The number of hydrogen-bond acceptors (Lipinski definition) is 5. The predicted molar refractivity (Wildman–Crippen MR) is 101 cm³/mol. The highest BCUT2D eigenvalue weighted by molar-refractivity contribution is 8.00. The van der Waals surface area contributed by atoms with Crippen LogP contribution in [0.2, 0.25) is 0 Å². The second-order valence-electron chi connectivity index (χ2n) is 6.53. The number of sulfonamides is 1. The summed E-state index contributed by atoms with van der Waals surface area (Å²) in [6, 6.07) is 5.13. The minimum atomic E-state index is -3.49. The van der Waals surface area contributed by atoms with Gasteiger partial charge in [0.15, 0.2) is 0 Å². The Hall–Kier alpha value is -1.09. The van der Waals surface area contributed by atoms with Crippen LogP contribution in [-0.4, -0.2) is 68.0 Å². The van der Waals surface area contributed by atoms with E-state index < -0.39 is 10.0 Å². The Morgan fingerprint density at radius 2 is 1.92 bits per heavy atom. The SMILES string of the molecule is CCN1CCN(S(=O)(=O)c2ccc3c(c2)SC(C)CN3C(C)=O)CC1. The van der Waals surface area contributed by atoms with E-state index in [0.29, 0.717) is 24.5 Å². The maximum Gasteiger partial charge on any atom is 0.243 e. The number of rotatable bonds is 3. The Labute approximate surface area is 154 Å². The normalized spacial score (nSPS) is 22.7. The molecule has 0 saturated carbocycles. The molecule has 6 nitrogen and oxygen atoms in total. The molecule has 0 N–H and O–H groups in total. The zero-order valence-electron chi connectivity index (χ0n) is 14.9. The van der Waals surface area contributed by atoms with Crippen LogP contribution in [0.3, 0.4) is 0 Å². The van der Waals surface area contributed by atoms with Gasteiger partial charge in [-0.2, -0.15) is 4.31 Å². The number of carbonyl (C=O) groups excluding carboxylic acids is 1. The molecule has 138 valence electrons. The summed E-state index contributed by atoms with van der Waals surface area (Å²) < 4.78 is 27.5. The van der Waals surface area contributed by atoms with Gasteiger partial charge in [0.2, 0.25) is 15.9 Å². The van der Waals surface area contributed by atoms with Gasteiger partial charge in [0, 0.05) is 49.8 Å². The molecule has 0 spiro atoms.